The van der Waals surface area contributed by atoms with E-state index in [2.05, 4.69) is 0 Å². The second kappa shape index (κ2) is 4.92. The molecule has 2 N–H and O–H groups in total. The fraction of sp³-hybridized carbons (Fsp3) is 0.143. The third-order valence-corrected chi connectivity index (χ3v) is 4.59. The first-order valence-corrected chi connectivity index (χ1v) is 7.13. The van der Waals surface area contributed by atoms with E-state index in [4.69, 9.17) is 5.73 Å². The van der Waals surface area contributed by atoms with Gasteiger partial charge in [0.25, 0.3) is 0 Å². The molecule has 0 heterocycles. The van der Waals surface area contributed by atoms with Crippen molar-refractivity contribution >= 4 is 9.84 Å². The van der Waals surface area contributed by atoms with Crippen molar-refractivity contribution in [2.24, 2.45) is 5.73 Å². The van der Waals surface area contributed by atoms with Gasteiger partial charge in [-0.3, -0.25) is 0 Å². The highest BCUT2D eigenvalue weighted by atomic mass is 32.2. The van der Waals surface area contributed by atoms with Crippen molar-refractivity contribution in [2.75, 3.05) is 0 Å². The molecule has 0 aromatic heterocycles. The second-order valence-corrected chi connectivity index (χ2v) is 6.11. The summed E-state index contributed by atoms with van der Waals surface area (Å²) in [6.45, 7) is 2.33. The maximum atomic E-state index is 12.3. The molecule has 2 aromatic carbocycles. The van der Waals surface area contributed by atoms with Gasteiger partial charge in [0.05, 0.1) is 9.79 Å². The van der Waals surface area contributed by atoms with Crippen LogP contribution in [0.3, 0.4) is 0 Å². The molecule has 0 fully saturated rings. The van der Waals surface area contributed by atoms with Crippen molar-refractivity contribution < 1.29 is 8.42 Å². The lowest BCUT2D eigenvalue weighted by molar-refractivity contribution is 0.596. The first kappa shape index (κ1) is 12.8. The van der Waals surface area contributed by atoms with Gasteiger partial charge < -0.3 is 5.73 Å². The topological polar surface area (TPSA) is 60.2 Å². The van der Waals surface area contributed by atoms with E-state index in [0.717, 1.165) is 11.1 Å². The van der Waals surface area contributed by atoms with Crippen molar-refractivity contribution in [1.82, 2.24) is 0 Å². The number of nitrogens with two attached hydrogens (primary N) is 1. The van der Waals surface area contributed by atoms with Crippen molar-refractivity contribution in [2.45, 2.75) is 23.3 Å². The first-order chi connectivity index (χ1) is 8.54. The Bertz CT molecular complexity index is 628. The molecule has 0 bridgehead atoms. The van der Waals surface area contributed by atoms with Gasteiger partial charge in [-0.05, 0) is 36.8 Å². The minimum absolute atomic E-state index is 0.295. The maximum Gasteiger partial charge on any atom is 0.206 e. The molecule has 0 saturated heterocycles. The summed E-state index contributed by atoms with van der Waals surface area (Å²) in [4.78, 5) is 0.608. The minimum Gasteiger partial charge on any atom is -0.326 e. The van der Waals surface area contributed by atoms with Crippen LogP contribution in [0.5, 0.6) is 0 Å². The molecule has 0 aliphatic heterocycles. The standard InChI is InChI=1S/C14H15NO2S/c1-11-2-6-13(7-3-11)18(16,17)14-8-4-12(10-15)5-9-14/h2-9H,10,15H2,1H3. The number of rotatable bonds is 3. The average Bonchev–Trinajstić information content (AvgIpc) is 2.39. The molecule has 0 aliphatic rings. The summed E-state index contributed by atoms with van der Waals surface area (Å²) in [5.41, 5.74) is 7.44. The largest absolute Gasteiger partial charge is 0.326 e. The highest BCUT2D eigenvalue weighted by molar-refractivity contribution is 7.91. The molecule has 2 aromatic rings. The van der Waals surface area contributed by atoms with Crippen LogP contribution in [0.4, 0.5) is 0 Å². The molecule has 3 nitrogen and oxygen atoms in total. The van der Waals surface area contributed by atoms with Gasteiger partial charge in [0.2, 0.25) is 9.84 Å². The Labute approximate surface area is 107 Å². The molecule has 0 spiro atoms. The summed E-state index contributed by atoms with van der Waals surface area (Å²) in [5.74, 6) is 0. The van der Waals surface area contributed by atoms with Gasteiger partial charge in [-0.1, -0.05) is 29.8 Å². The fourth-order valence-corrected chi connectivity index (χ4v) is 2.92. The van der Waals surface area contributed by atoms with E-state index in [1.54, 1.807) is 48.5 Å². The van der Waals surface area contributed by atoms with Gasteiger partial charge >= 0.3 is 0 Å². The molecule has 0 atom stereocenters. The van der Waals surface area contributed by atoms with E-state index in [-0.39, 0.29) is 0 Å². The predicted molar refractivity (Wildman–Crippen MR) is 71.0 cm³/mol. The molecule has 18 heavy (non-hydrogen) atoms. The monoisotopic (exact) mass is 261 g/mol. The smallest absolute Gasteiger partial charge is 0.206 e. The molecular formula is C14H15NO2S. The normalized spacial score (nSPS) is 11.4. The van der Waals surface area contributed by atoms with Gasteiger partial charge in [0.1, 0.15) is 0 Å². The SMILES string of the molecule is Cc1ccc(S(=O)(=O)c2ccc(CN)cc2)cc1. The lowest BCUT2D eigenvalue weighted by Gasteiger charge is -2.05. The maximum absolute atomic E-state index is 12.3. The Morgan fingerprint density at radius 1 is 0.889 bits per heavy atom. The molecule has 4 heteroatoms. The molecule has 0 amide bonds. The molecular weight excluding hydrogens is 246 g/mol. The van der Waals surface area contributed by atoms with E-state index in [9.17, 15) is 8.42 Å². The van der Waals surface area contributed by atoms with Crippen LogP contribution < -0.4 is 5.73 Å². The first-order valence-electron chi connectivity index (χ1n) is 5.65. The zero-order valence-corrected chi connectivity index (χ0v) is 10.9. The van der Waals surface area contributed by atoms with E-state index in [1.165, 1.54) is 0 Å². The average molecular weight is 261 g/mol. The molecule has 0 aliphatic carbocycles. The Morgan fingerprint density at radius 2 is 1.33 bits per heavy atom. The molecule has 0 radical (unpaired) electrons. The summed E-state index contributed by atoms with van der Waals surface area (Å²) < 4.78 is 24.6. The molecule has 0 saturated carbocycles. The number of aryl methyl sites for hydroxylation is 1. The Hall–Kier alpha value is -1.65. The second-order valence-electron chi connectivity index (χ2n) is 4.16. The van der Waals surface area contributed by atoms with Crippen molar-refractivity contribution in [3.05, 3.63) is 59.7 Å². The lowest BCUT2D eigenvalue weighted by Crippen LogP contribution is -2.03. The third-order valence-electron chi connectivity index (χ3n) is 2.80. The van der Waals surface area contributed by atoms with Gasteiger partial charge in [-0.2, -0.15) is 0 Å². The highest BCUT2D eigenvalue weighted by Crippen LogP contribution is 2.21. The molecule has 94 valence electrons. The van der Waals surface area contributed by atoms with Crippen LogP contribution >= 0.6 is 0 Å². The Morgan fingerprint density at radius 3 is 1.78 bits per heavy atom. The van der Waals surface area contributed by atoms with E-state index in [0.29, 0.717) is 16.3 Å². The zero-order chi connectivity index (χ0) is 13.2. The van der Waals surface area contributed by atoms with Crippen molar-refractivity contribution in [1.29, 1.82) is 0 Å². The number of hydrogen-bond donors (Lipinski definition) is 1. The summed E-state index contributed by atoms with van der Waals surface area (Å²) in [6.07, 6.45) is 0. The van der Waals surface area contributed by atoms with Crippen LogP contribution in [0.1, 0.15) is 11.1 Å². The summed E-state index contributed by atoms with van der Waals surface area (Å²) in [5, 5.41) is 0. The minimum atomic E-state index is -3.42. The van der Waals surface area contributed by atoms with Gasteiger partial charge in [0, 0.05) is 6.54 Å². The van der Waals surface area contributed by atoms with Gasteiger partial charge in [0.15, 0.2) is 0 Å². The summed E-state index contributed by atoms with van der Waals surface area (Å²) in [6, 6.07) is 13.5. The quantitative estimate of drug-likeness (QED) is 0.922. The van der Waals surface area contributed by atoms with Gasteiger partial charge in [-0.15, -0.1) is 0 Å². The fourth-order valence-electron chi connectivity index (χ4n) is 1.66. The van der Waals surface area contributed by atoms with E-state index >= 15 is 0 Å². The Kier molecular flexibility index (Phi) is 3.50. The zero-order valence-electron chi connectivity index (χ0n) is 10.1. The number of hydrogen-bond acceptors (Lipinski definition) is 3. The van der Waals surface area contributed by atoms with Crippen LogP contribution in [0.2, 0.25) is 0 Å². The van der Waals surface area contributed by atoms with Crippen molar-refractivity contribution in [3.63, 3.8) is 0 Å². The number of benzene rings is 2. The summed E-state index contributed by atoms with van der Waals surface area (Å²) >= 11 is 0. The molecule has 2 rings (SSSR count). The lowest BCUT2D eigenvalue weighted by atomic mass is 10.2. The molecule has 0 unspecified atom stereocenters. The third kappa shape index (κ3) is 2.44. The van der Waals surface area contributed by atoms with E-state index < -0.39 is 9.84 Å². The van der Waals surface area contributed by atoms with Gasteiger partial charge in [-0.25, -0.2) is 8.42 Å². The van der Waals surface area contributed by atoms with Crippen LogP contribution in [0.25, 0.3) is 0 Å². The summed E-state index contributed by atoms with van der Waals surface area (Å²) in [7, 11) is -3.42. The Balaban J connectivity index is 2.44. The van der Waals surface area contributed by atoms with Crippen LogP contribution in [-0.4, -0.2) is 8.42 Å². The van der Waals surface area contributed by atoms with E-state index in [1.807, 2.05) is 6.92 Å². The van der Waals surface area contributed by atoms with Crippen LogP contribution in [0.15, 0.2) is 58.3 Å². The van der Waals surface area contributed by atoms with Crippen LogP contribution in [0, 0.1) is 6.92 Å². The number of sulfone groups is 1. The van der Waals surface area contributed by atoms with Crippen molar-refractivity contribution in [3.8, 4) is 0 Å². The van der Waals surface area contributed by atoms with Crippen LogP contribution in [-0.2, 0) is 16.4 Å². The predicted octanol–water partition coefficient (Wildman–Crippen LogP) is 2.29. The highest BCUT2D eigenvalue weighted by Gasteiger charge is 2.16.